The highest BCUT2D eigenvalue weighted by Gasteiger charge is 2.22. The van der Waals surface area contributed by atoms with Gasteiger partial charge < -0.3 is 14.5 Å². The van der Waals surface area contributed by atoms with Crippen LogP contribution in [-0.2, 0) is 16.1 Å². The van der Waals surface area contributed by atoms with Gasteiger partial charge in [-0.1, -0.05) is 57.5 Å². The second-order valence-corrected chi connectivity index (χ2v) is 10.9. The van der Waals surface area contributed by atoms with Crippen LogP contribution in [0.5, 0.6) is 0 Å². The van der Waals surface area contributed by atoms with E-state index in [4.69, 9.17) is 4.74 Å². The van der Waals surface area contributed by atoms with Crippen molar-refractivity contribution in [3.63, 3.8) is 0 Å². The minimum Gasteiger partial charge on any atom is -0.374 e. The van der Waals surface area contributed by atoms with Crippen LogP contribution in [0.25, 0.3) is 0 Å². The van der Waals surface area contributed by atoms with Crippen LogP contribution in [0.2, 0.25) is 0 Å². The molecular formula is C30H46N4O3S. The summed E-state index contributed by atoms with van der Waals surface area (Å²) in [6, 6.07) is 8.01. The van der Waals surface area contributed by atoms with Gasteiger partial charge >= 0.3 is 0 Å². The Labute approximate surface area is 233 Å². The molecule has 0 N–H and O–H groups in total. The van der Waals surface area contributed by atoms with Crippen molar-refractivity contribution >= 4 is 29.3 Å². The van der Waals surface area contributed by atoms with E-state index in [2.05, 4.69) is 30.7 Å². The van der Waals surface area contributed by atoms with E-state index in [1.165, 1.54) is 11.8 Å². The summed E-state index contributed by atoms with van der Waals surface area (Å²) in [5.41, 5.74) is 3.07. The van der Waals surface area contributed by atoms with Crippen molar-refractivity contribution in [3.8, 4) is 0 Å². The molecule has 1 heterocycles. The molecule has 0 aliphatic rings. The van der Waals surface area contributed by atoms with Gasteiger partial charge in [0.05, 0.1) is 24.0 Å². The highest BCUT2D eigenvalue weighted by Crippen LogP contribution is 2.23. The Hall–Kier alpha value is -2.45. The minimum absolute atomic E-state index is 0.0120. The summed E-state index contributed by atoms with van der Waals surface area (Å²) in [6.07, 6.45) is 8.89. The van der Waals surface area contributed by atoms with Crippen LogP contribution in [0.1, 0.15) is 87.8 Å². The van der Waals surface area contributed by atoms with E-state index in [0.29, 0.717) is 48.4 Å². The van der Waals surface area contributed by atoms with E-state index in [1.54, 1.807) is 11.1 Å². The summed E-state index contributed by atoms with van der Waals surface area (Å²) in [4.78, 5) is 38.3. The Balaban J connectivity index is 2.10. The predicted molar refractivity (Wildman–Crippen MR) is 157 cm³/mol. The Kier molecular flexibility index (Phi) is 13.8. The van der Waals surface area contributed by atoms with Crippen molar-refractivity contribution in [2.75, 3.05) is 31.3 Å². The Morgan fingerprint density at radius 3 is 2.55 bits per heavy atom. The average molecular weight is 543 g/mol. The van der Waals surface area contributed by atoms with Crippen LogP contribution < -0.4 is 4.90 Å². The average Bonchev–Trinajstić information content (AvgIpc) is 2.93. The number of benzene rings is 1. The van der Waals surface area contributed by atoms with Crippen LogP contribution in [0.3, 0.4) is 0 Å². The smallest absolute Gasteiger partial charge is 0.261 e. The molecule has 0 saturated heterocycles. The van der Waals surface area contributed by atoms with E-state index in [9.17, 15) is 9.59 Å². The van der Waals surface area contributed by atoms with Crippen LogP contribution in [-0.4, -0.2) is 59.2 Å². The number of thioether (sulfide) groups is 1. The minimum atomic E-state index is -0.0827. The molecule has 0 aliphatic heterocycles. The van der Waals surface area contributed by atoms with Gasteiger partial charge in [0, 0.05) is 38.4 Å². The van der Waals surface area contributed by atoms with Crippen LogP contribution >= 0.6 is 11.8 Å². The maximum absolute atomic E-state index is 13.7. The molecule has 0 fully saturated rings. The molecule has 2 rings (SSSR count). The Morgan fingerprint density at radius 2 is 1.89 bits per heavy atom. The summed E-state index contributed by atoms with van der Waals surface area (Å²) in [5.74, 6) is 0.624. The lowest BCUT2D eigenvalue weighted by molar-refractivity contribution is -0.130. The van der Waals surface area contributed by atoms with E-state index >= 15 is 0 Å². The lowest BCUT2D eigenvalue weighted by Crippen LogP contribution is -2.33. The third-order valence-electron chi connectivity index (χ3n) is 6.96. The molecule has 1 aromatic heterocycles. The topological polar surface area (TPSA) is 75.6 Å². The standard InChI is InChI=1S/C30H46N4O3S/c1-8-10-14-28(35)33(6)17-16-23(4)37-21-25-12-11-13-26(19-25)34(18-15-22(3)9-2)29(36)27-20-31-30(38-7)32-24(27)5/h11-13,19-20,22-23H,8-10,14-18,21H2,1-7H3. The number of carbonyl (C=O) groups excluding carboxylic acids is 2. The second kappa shape index (κ2) is 16.5. The summed E-state index contributed by atoms with van der Waals surface area (Å²) in [7, 11) is 1.86. The largest absolute Gasteiger partial charge is 0.374 e. The molecule has 2 aromatic rings. The Bertz CT molecular complexity index is 1030. The van der Waals surface area contributed by atoms with Crippen molar-refractivity contribution in [1.82, 2.24) is 14.9 Å². The van der Waals surface area contributed by atoms with Crippen molar-refractivity contribution in [1.29, 1.82) is 0 Å². The fourth-order valence-electron chi connectivity index (χ4n) is 3.96. The van der Waals surface area contributed by atoms with Crippen LogP contribution in [0.4, 0.5) is 5.69 Å². The fourth-order valence-corrected chi connectivity index (χ4v) is 4.34. The molecule has 0 saturated carbocycles. The van der Waals surface area contributed by atoms with E-state index < -0.39 is 0 Å². The van der Waals surface area contributed by atoms with Gasteiger partial charge in [-0.3, -0.25) is 9.59 Å². The molecular weight excluding hydrogens is 496 g/mol. The molecule has 0 radical (unpaired) electrons. The molecule has 210 valence electrons. The first kappa shape index (κ1) is 31.8. The first-order valence-corrected chi connectivity index (χ1v) is 15.1. The van der Waals surface area contributed by atoms with Gasteiger partial charge in [-0.25, -0.2) is 9.97 Å². The van der Waals surface area contributed by atoms with E-state index in [1.807, 2.05) is 56.3 Å². The number of aryl methyl sites for hydroxylation is 1. The molecule has 0 spiro atoms. The molecule has 38 heavy (non-hydrogen) atoms. The molecule has 0 aliphatic carbocycles. The van der Waals surface area contributed by atoms with Crippen molar-refractivity contribution < 1.29 is 14.3 Å². The number of ether oxygens (including phenoxy) is 1. The van der Waals surface area contributed by atoms with Gasteiger partial charge in [0.2, 0.25) is 5.91 Å². The van der Waals surface area contributed by atoms with Crippen molar-refractivity contribution in [2.24, 2.45) is 5.92 Å². The third kappa shape index (κ3) is 10.0. The number of unbranched alkanes of at least 4 members (excludes halogenated alkanes) is 1. The summed E-state index contributed by atoms with van der Waals surface area (Å²) in [5, 5.41) is 0.662. The number of nitrogens with zero attached hydrogens (tertiary/aromatic N) is 4. The zero-order valence-electron chi connectivity index (χ0n) is 24.3. The maximum Gasteiger partial charge on any atom is 0.261 e. The lowest BCUT2D eigenvalue weighted by Gasteiger charge is -2.25. The predicted octanol–water partition coefficient (Wildman–Crippen LogP) is 6.53. The molecule has 8 heteroatoms. The van der Waals surface area contributed by atoms with Gasteiger partial charge in [-0.15, -0.1) is 0 Å². The summed E-state index contributed by atoms with van der Waals surface area (Å²) >= 11 is 1.46. The van der Waals surface area contributed by atoms with Gasteiger partial charge in [0.15, 0.2) is 5.16 Å². The first-order valence-electron chi connectivity index (χ1n) is 13.8. The highest BCUT2D eigenvalue weighted by molar-refractivity contribution is 7.98. The molecule has 0 bridgehead atoms. The van der Waals surface area contributed by atoms with Gasteiger partial charge in [0.25, 0.3) is 5.91 Å². The van der Waals surface area contributed by atoms with Gasteiger partial charge in [0.1, 0.15) is 0 Å². The third-order valence-corrected chi connectivity index (χ3v) is 7.52. The number of anilines is 1. The zero-order chi connectivity index (χ0) is 28.1. The lowest BCUT2D eigenvalue weighted by atomic mass is 10.0. The van der Waals surface area contributed by atoms with Crippen molar-refractivity contribution in [3.05, 3.63) is 47.3 Å². The zero-order valence-corrected chi connectivity index (χ0v) is 25.1. The quantitative estimate of drug-likeness (QED) is 0.177. The maximum atomic E-state index is 13.7. The van der Waals surface area contributed by atoms with Gasteiger partial charge in [-0.2, -0.15) is 0 Å². The number of rotatable bonds is 16. The van der Waals surface area contributed by atoms with Gasteiger partial charge in [-0.05, 0) is 63.0 Å². The number of carbonyl (C=O) groups is 2. The number of hydrogen-bond donors (Lipinski definition) is 0. The number of aromatic nitrogens is 2. The van der Waals surface area contributed by atoms with E-state index in [-0.39, 0.29) is 17.9 Å². The number of amides is 2. The van der Waals surface area contributed by atoms with Crippen LogP contribution in [0.15, 0.2) is 35.6 Å². The number of hydrogen-bond acceptors (Lipinski definition) is 6. The molecule has 2 unspecified atom stereocenters. The van der Waals surface area contributed by atoms with Crippen molar-refractivity contribution in [2.45, 2.75) is 91.0 Å². The second-order valence-electron chi connectivity index (χ2n) is 10.1. The highest BCUT2D eigenvalue weighted by atomic mass is 32.2. The SMILES string of the molecule is CCCCC(=O)N(C)CCC(C)OCc1cccc(N(CCC(C)CC)C(=O)c2cnc(SC)nc2C)c1. The fraction of sp³-hybridized carbons (Fsp3) is 0.600. The molecule has 2 amide bonds. The summed E-state index contributed by atoms with van der Waals surface area (Å²) < 4.78 is 6.12. The molecule has 2 atom stereocenters. The summed E-state index contributed by atoms with van der Waals surface area (Å²) in [6.45, 7) is 12.1. The Morgan fingerprint density at radius 1 is 1.13 bits per heavy atom. The first-order chi connectivity index (χ1) is 18.2. The molecule has 1 aromatic carbocycles. The van der Waals surface area contributed by atoms with Crippen LogP contribution in [0, 0.1) is 12.8 Å². The molecule has 7 nitrogen and oxygen atoms in total. The van der Waals surface area contributed by atoms with E-state index in [0.717, 1.165) is 43.4 Å². The monoisotopic (exact) mass is 542 g/mol. The normalized spacial score (nSPS) is 12.7.